The van der Waals surface area contributed by atoms with Crippen LogP contribution in [0.5, 0.6) is 0 Å². The van der Waals surface area contributed by atoms with Crippen molar-refractivity contribution in [2.24, 2.45) is 0 Å². The van der Waals surface area contributed by atoms with Gasteiger partial charge in [0.1, 0.15) is 5.82 Å². The Labute approximate surface area is 141 Å². The number of carbonyl (C=O) groups is 1. The number of amides is 1. The molecule has 3 rings (SSSR count). The number of nitrogens with zero attached hydrogens (tertiary/aromatic N) is 3. The second-order valence-corrected chi connectivity index (χ2v) is 5.25. The summed E-state index contributed by atoms with van der Waals surface area (Å²) in [7, 11) is 0. The van der Waals surface area contributed by atoms with E-state index in [0.29, 0.717) is 5.56 Å². The standard InChI is InChI=1S/C17H13FN4O3/c18-15-7-2-1-4-13(15)11-21-9-8-16(20-21)19-17(23)12-5-3-6-14(10-12)22(24)25/h1-10H,11H2,(H,19,20,23). The lowest BCUT2D eigenvalue weighted by atomic mass is 10.2. The van der Waals surface area contributed by atoms with Crippen molar-refractivity contribution in [1.29, 1.82) is 0 Å². The highest BCUT2D eigenvalue weighted by atomic mass is 19.1. The van der Waals surface area contributed by atoms with Gasteiger partial charge in [-0.3, -0.25) is 19.6 Å². The van der Waals surface area contributed by atoms with Crippen LogP contribution < -0.4 is 5.32 Å². The van der Waals surface area contributed by atoms with Crippen molar-refractivity contribution >= 4 is 17.4 Å². The highest BCUT2D eigenvalue weighted by molar-refractivity contribution is 6.04. The summed E-state index contributed by atoms with van der Waals surface area (Å²) in [5.74, 6) is -0.576. The van der Waals surface area contributed by atoms with Gasteiger partial charge in [0.25, 0.3) is 11.6 Å². The fraction of sp³-hybridized carbons (Fsp3) is 0.0588. The van der Waals surface area contributed by atoms with Gasteiger partial charge < -0.3 is 5.32 Å². The van der Waals surface area contributed by atoms with Crippen molar-refractivity contribution in [3.8, 4) is 0 Å². The highest BCUT2D eigenvalue weighted by Gasteiger charge is 2.13. The van der Waals surface area contributed by atoms with E-state index in [1.165, 1.54) is 35.0 Å². The molecule has 0 spiro atoms. The van der Waals surface area contributed by atoms with E-state index < -0.39 is 10.8 Å². The van der Waals surface area contributed by atoms with E-state index in [4.69, 9.17) is 0 Å². The quantitative estimate of drug-likeness (QED) is 0.570. The first-order valence-electron chi connectivity index (χ1n) is 7.35. The van der Waals surface area contributed by atoms with Crippen molar-refractivity contribution < 1.29 is 14.1 Å². The molecule has 7 nitrogen and oxygen atoms in total. The molecule has 1 N–H and O–H groups in total. The second kappa shape index (κ2) is 6.91. The van der Waals surface area contributed by atoms with Crippen LogP contribution in [-0.2, 0) is 6.54 Å². The molecule has 0 unspecified atom stereocenters. The minimum absolute atomic E-state index is 0.151. The van der Waals surface area contributed by atoms with Gasteiger partial charge in [0.2, 0.25) is 0 Å². The lowest BCUT2D eigenvalue weighted by Gasteiger charge is -2.04. The smallest absolute Gasteiger partial charge is 0.270 e. The van der Waals surface area contributed by atoms with Crippen molar-refractivity contribution in [1.82, 2.24) is 9.78 Å². The Hall–Kier alpha value is -3.55. The number of carbonyl (C=O) groups excluding carboxylic acids is 1. The lowest BCUT2D eigenvalue weighted by molar-refractivity contribution is -0.384. The number of hydrogen-bond acceptors (Lipinski definition) is 4. The summed E-state index contributed by atoms with van der Waals surface area (Å²) in [4.78, 5) is 22.4. The molecule has 126 valence electrons. The summed E-state index contributed by atoms with van der Waals surface area (Å²) in [5, 5.41) is 17.5. The summed E-state index contributed by atoms with van der Waals surface area (Å²) in [5.41, 5.74) is 0.456. The van der Waals surface area contributed by atoms with Gasteiger partial charge >= 0.3 is 0 Å². The van der Waals surface area contributed by atoms with Crippen LogP contribution in [0.25, 0.3) is 0 Å². The molecule has 0 bridgehead atoms. The van der Waals surface area contributed by atoms with Crippen LogP contribution in [0.3, 0.4) is 0 Å². The lowest BCUT2D eigenvalue weighted by Crippen LogP contribution is -2.13. The molecular weight excluding hydrogens is 327 g/mol. The molecular formula is C17H13FN4O3. The van der Waals surface area contributed by atoms with E-state index in [9.17, 15) is 19.3 Å². The molecule has 0 fully saturated rings. The molecule has 1 heterocycles. The normalized spacial score (nSPS) is 10.4. The van der Waals surface area contributed by atoms with Gasteiger partial charge in [0, 0.05) is 35.5 Å². The summed E-state index contributed by atoms with van der Waals surface area (Å²) < 4.78 is 15.1. The Morgan fingerprint density at radius 3 is 2.76 bits per heavy atom. The third-order valence-corrected chi connectivity index (χ3v) is 3.49. The molecule has 0 aliphatic rings. The van der Waals surface area contributed by atoms with Gasteiger partial charge in [-0.2, -0.15) is 5.10 Å². The first-order chi connectivity index (χ1) is 12.0. The summed E-state index contributed by atoms with van der Waals surface area (Å²) in [6, 6.07) is 13.3. The number of hydrogen-bond donors (Lipinski definition) is 1. The monoisotopic (exact) mass is 340 g/mol. The highest BCUT2D eigenvalue weighted by Crippen LogP contribution is 2.15. The SMILES string of the molecule is O=C(Nc1ccn(Cc2ccccc2F)n1)c1cccc([N+](=O)[O-])c1. The van der Waals surface area contributed by atoms with Crippen molar-refractivity contribution in [3.63, 3.8) is 0 Å². The maximum atomic E-state index is 13.7. The molecule has 0 atom stereocenters. The molecule has 25 heavy (non-hydrogen) atoms. The van der Waals surface area contributed by atoms with E-state index in [1.54, 1.807) is 30.5 Å². The Bertz CT molecular complexity index is 939. The molecule has 1 amide bonds. The van der Waals surface area contributed by atoms with E-state index in [2.05, 4.69) is 10.4 Å². The number of halogens is 1. The van der Waals surface area contributed by atoms with Gasteiger partial charge in [-0.15, -0.1) is 0 Å². The number of nitro groups is 1. The maximum absolute atomic E-state index is 13.7. The minimum atomic E-state index is -0.570. The zero-order chi connectivity index (χ0) is 17.8. The van der Waals surface area contributed by atoms with Gasteiger partial charge in [-0.1, -0.05) is 24.3 Å². The summed E-state index contributed by atoms with van der Waals surface area (Å²) >= 11 is 0. The Morgan fingerprint density at radius 2 is 2.00 bits per heavy atom. The number of non-ortho nitro benzene ring substituents is 1. The van der Waals surface area contributed by atoms with Crippen LogP contribution in [0.2, 0.25) is 0 Å². The molecule has 0 aliphatic heterocycles. The topological polar surface area (TPSA) is 90.1 Å². The zero-order valence-electron chi connectivity index (χ0n) is 12.9. The van der Waals surface area contributed by atoms with Crippen molar-refractivity contribution in [3.05, 3.63) is 87.9 Å². The van der Waals surface area contributed by atoms with Gasteiger partial charge in [0.05, 0.1) is 11.5 Å². The van der Waals surface area contributed by atoms with Crippen LogP contribution in [0.4, 0.5) is 15.9 Å². The first kappa shape index (κ1) is 16.3. The van der Waals surface area contributed by atoms with Gasteiger partial charge in [-0.05, 0) is 12.1 Å². The van der Waals surface area contributed by atoms with Crippen LogP contribution >= 0.6 is 0 Å². The predicted molar refractivity (Wildman–Crippen MR) is 88.8 cm³/mol. The van der Waals surface area contributed by atoms with Gasteiger partial charge in [0.15, 0.2) is 5.82 Å². The maximum Gasteiger partial charge on any atom is 0.270 e. The van der Waals surface area contributed by atoms with Crippen LogP contribution in [-0.4, -0.2) is 20.6 Å². The number of benzene rings is 2. The Kier molecular flexibility index (Phi) is 4.51. The Balaban J connectivity index is 1.71. The largest absolute Gasteiger partial charge is 0.305 e. The van der Waals surface area contributed by atoms with Crippen molar-refractivity contribution in [2.45, 2.75) is 6.54 Å². The molecule has 8 heteroatoms. The fourth-order valence-corrected chi connectivity index (χ4v) is 2.27. The van der Waals surface area contributed by atoms with Crippen molar-refractivity contribution in [2.75, 3.05) is 5.32 Å². The molecule has 1 aromatic heterocycles. The molecule has 3 aromatic rings. The fourth-order valence-electron chi connectivity index (χ4n) is 2.27. The number of nitrogens with one attached hydrogen (secondary N) is 1. The van der Waals surface area contributed by atoms with E-state index in [0.717, 1.165) is 0 Å². The molecule has 2 aromatic carbocycles. The second-order valence-electron chi connectivity index (χ2n) is 5.25. The summed E-state index contributed by atoms with van der Waals surface area (Å²) in [6.07, 6.45) is 1.61. The van der Waals surface area contributed by atoms with E-state index in [1.807, 2.05) is 0 Å². The predicted octanol–water partition coefficient (Wildman–Crippen LogP) is 3.23. The molecule has 0 aliphatic carbocycles. The van der Waals surface area contributed by atoms with Crippen LogP contribution in [0, 0.1) is 15.9 Å². The number of aromatic nitrogens is 2. The molecule has 0 radical (unpaired) electrons. The average Bonchev–Trinajstić information content (AvgIpc) is 3.04. The van der Waals surface area contributed by atoms with E-state index in [-0.39, 0.29) is 29.4 Å². The third-order valence-electron chi connectivity index (χ3n) is 3.49. The Morgan fingerprint density at radius 1 is 1.20 bits per heavy atom. The number of anilines is 1. The van der Waals surface area contributed by atoms with Crippen LogP contribution in [0.1, 0.15) is 15.9 Å². The average molecular weight is 340 g/mol. The van der Waals surface area contributed by atoms with E-state index >= 15 is 0 Å². The number of nitro benzene ring substituents is 1. The number of rotatable bonds is 5. The summed E-state index contributed by atoms with van der Waals surface area (Å²) in [6.45, 7) is 0.222. The molecule has 0 saturated carbocycles. The van der Waals surface area contributed by atoms with Crippen LogP contribution in [0.15, 0.2) is 60.8 Å². The zero-order valence-corrected chi connectivity index (χ0v) is 12.9. The van der Waals surface area contributed by atoms with Gasteiger partial charge in [-0.25, -0.2) is 4.39 Å². The minimum Gasteiger partial charge on any atom is -0.305 e. The first-order valence-corrected chi connectivity index (χ1v) is 7.35. The third kappa shape index (κ3) is 3.86. The molecule has 0 saturated heterocycles.